The van der Waals surface area contributed by atoms with Crippen LogP contribution < -0.4 is 5.32 Å². The van der Waals surface area contributed by atoms with Gasteiger partial charge < -0.3 is 10.4 Å². The Morgan fingerprint density at radius 3 is 2.75 bits per heavy atom. The molecule has 1 aromatic carbocycles. The van der Waals surface area contributed by atoms with Crippen molar-refractivity contribution in [2.45, 2.75) is 38.1 Å². The van der Waals surface area contributed by atoms with Crippen molar-refractivity contribution < 1.29 is 5.11 Å². The van der Waals surface area contributed by atoms with Gasteiger partial charge in [-0.05, 0) is 42.9 Å². The van der Waals surface area contributed by atoms with Gasteiger partial charge in [-0.15, -0.1) is 0 Å². The predicted molar refractivity (Wildman–Crippen MR) is 66.5 cm³/mol. The molecule has 2 N–H and O–H groups in total. The fourth-order valence-electron chi connectivity index (χ4n) is 2.19. The molecule has 1 atom stereocenters. The van der Waals surface area contributed by atoms with Crippen molar-refractivity contribution in [3.8, 4) is 0 Å². The molecule has 0 heterocycles. The van der Waals surface area contributed by atoms with Crippen molar-refractivity contribution >= 4 is 0 Å². The summed E-state index contributed by atoms with van der Waals surface area (Å²) in [7, 11) is 0. The maximum atomic E-state index is 9.47. The molecule has 0 aromatic heterocycles. The van der Waals surface area contributed by atoms with Crippen LogP contribution in [0.3, 0.4) is 0 Å². The topological polar surface area (TPSA) is 32.3 Å². The van der Waals surface area contributed by atoms with Crippen LogP contribution in [-0.2, 0) is 0 Å². The Bertz CT molecular complexity index is 333. The van der Waals surface area contributed by atoms with Gasteiger partial charge in [-0.3, -0.25) is 0 Å². The highest BCUT2D eigenvalue weighted by molar-refractivity contribution is 5.35. The van der Waals surface area contributed by atoms with Crippen LogP contribution in [0.1, 0.15) is 49.3 Å². The molecule has 2 heteroatoms. The van der Waals surface area contributed by atoms with Gasteiger partial charge in [0, 0.05) is 0 Å². The summed E-state index contributed by atoms with van der Waals surface area (Å²) in [5.74, 6) is 0.744. The van der Waals surface area contributed by atoms with Gasteiger partial charge in [0.1, 0.15) is 0 Å². The molecule has 1 aliphatic rings. The van der Waals surface area contributed by atoms with Crippen LogP contribution in [0.5, 0.6) is 0 Å². The zero-order chi connectivity index (χ0) is 11.4. The van der Waals surface area contributed by atoms with E-state index in [9.17, 15) is 5.11 Å². The van der Waals surface area contributed by atoms with E-state index in [1.165, 1.54) is 24.0 Å². The lowest BCUT2D eigenvalue weighted by Crippen LogP contribution is -2.26. The number of aliphatic hydroxyl groups is 1. The number of nitrogens with one attached hydrogen (secondary N) is 1. The van der Waals surface area contributed by atoms with Gasteiger partial charge >= 0.3 is 0 Å². The van der Waals surface area contributed by atoms with Crippen molar-refractivity contribution in [3.05, 3.63) is 35.4 Å². The average Bonchev–Trinajstić information content (AvgIpc) is 3.15. The number of aliphatic hydroxyl groups excluding tert-OH is 1. The van der Waals surface area contributed by atoms with Gasteiger partial charge in [0.2, 0.25) is 0 Å². The second kappa shape index (κ2) is 5.46. The summed E-state index contributed by atoms with van der Waals surface area (Å²) in [4.78, 5) is 0. The Kier molecular flexibility index (Phi) is 3.97. The van der Waals surface area contributed by atoms with Gasteiger partial charge in [-0.1, -0.05) is 31.2 Å². The molecule has 1 fully saturated rings. The number of hydrogen-bond acceptors (Lipinski definition) is 2. The number of benzene rings is 1. The smallest absolute Gasteiger partial charge is 0.0626 e. The first-order valence-electron chi connectivity index (χ1n) is 6.30. The first-order valence-corrected chi connectivity index (χ1v) is 6.30. The number of hydrogen-bond donors (Lipinski definition) is 2. The van der Waals surface area contributed by atoms with Gasteiger partial charge in [0.25, 0.3) is 0 Å². The fourth-order valence-corrected chi connectivity index (χ4v) is 2.19. The van der Waals surface area contributed by atoms with Crippen molar-refractivity contribution in [2.75, 3.05) is 13.2 Å². The Hall–Kier alpha value is -0.860. The summed E-state index contributed by atoms with van der Waals surface area (Å²) < 4.78 is 0. The normalized spacial score (nSPS) is 17.4. The minimum atomic E-state index is 0.108. The standard InChI is InChI=1S/C14H21NO/c1-2-9-15-14(10-16)13-6-4-3-5-12(13)11-7-8-11/h3-6,11,14-16H,2,7-10H2,1H3. The molecule has 88 valence electrons. The summed E-state index contributed by atoms with van der Waals surface area (Å²) in [5, 5.41) is 12.9. The molecule has 0 aliphatic heterocycles. The van der Waals surface area contributed by atoms with Gasteiger partial charge in [0.05, 0.1) is 12.6 Å². The average molecular weight is 219 g/mol. The molecule has 0 spiro atoms. The Balaban J connectivity index is 2.15. The Morgan fingerprint density at radius 1 is 1.38 bits per heavy atom. The quantitative estimate of drug-likeness (QED) is 0.771. The molecule has 1 saturated carbocycles. The van der Waals surface area contributed by atoms with Crippen LogP contribution in [0.4, 0.5) is 0 Å². The summed E-state index contributed by atoms with van der Waals surface area (Å²) >= 11 is 0. The molecule has 1 unspecified atom stereocenters. The van der Waals surface area contributed by atoms with Crippen molar-refractivity contribution in [1.29, 1.82) is 0 Å². The van der Waals surface area contributed by atoms with E-state index in [-0.39, 0.29) is 12.6 Å². The molecule has 16 heavy (non-hydrogen) atoms. The predicted octanol–water partition coefficient (Wildman–Crippen LogP) is 2.60. The van der Waals surface area contributed by atoms with Crippen LogP contribution in [0.25, 0.3) is 0 Å². The van der Waals surface area contributed by atoms with Gasteiger partial charge in [-0.2, -0.15) is 0 Å². The molecule has 2 rings (SSSR count). The van der Waals surface area contributed by atoms with E-state index in [0.717, 1.165) is 18.9 Å². The van der Waals surface area contributed by atoms with Crippen LogP contribution in [0, 0.1) is 0 Å². The molecule has 0 radical (unpaired) electrons. The van der Waals surface area contributed by atoms with Gasteiger partial charge in [0.15, 0.2) is 0 Å². The van der Waals surface area contributed by atoms with Crippen LogP contribution in [0.15, 0.2) is 24.3 Å². The maximum Gasteiger partial charge on any atom is 0.0626 e. The summed E-state index contributed by atoms with van der Waals surface area (Å²) in [6.45, 7) is 3.29. The lowest BCUT2D eigenvalue weighted by atomic mass is 9.97. The lowest BCUT2D eigenvalue weighted by Gasteiger charge is -2.19. The van der Waals surface area contributed by atoms with Crippen LogP contribution in [0.2, 0.25) is 0 Å². The van der Waals surface area contributed by atoms with E-state index < -0.39 is 0 Å². The third-order valence-electron chi connectivity index (χ3n) is 3.21. The minimum absolute atomic E-state index is 0.108. The zero-order valence-electron chi connectivity index (χ0n) is 9.95. The third-order valence-corrected chi connectivity index (χ3v) is 3.21. The Morgan fingerprint density at radius 2 is 2.12 bits per heavy atom. The monoisotopic (exact) mass is 219 g/mol. The second-order valence-electron chi connectivity index (χ2n) is 4.59. The highest BCUT2D eigenvalue weighted by atomic mass is 16.3. The summed E-state index contributed by atoms with van der Waals surface area (Å²) in [6, 6.07) is 8.64. The second-order valence-corrected chi connectivity index (χ2v) is 4.59. The van der Waals surface area contributed by atoms with Crippen molar-refractivity contribution in [2.24, 2.45) is 0 Å². The third kappa shape index (κ3) is 2.63. The lowest BCUT2D eigenvalue weighted by molar-refractivity contribution is 0.244. The molecule has 1 aliphatic carbocycles. The van der Waals surface area contributed by atoms with E-state index >= 15 is 0 Å². The largest absolute Gasteiger partial charge is 0.394 e. The molecule has 0 amide bonds. The maximum absolute atomic E-state index is 9.47. The van der Waals surface area contributed by atoms with E-state index in [1.807, 2.05) is 0 Å². The number of rotatable bonds is 6. The van der Waals surface area contributed by atoms with Crippen LogP contribution >= 0.6 is 0 Å². The summed E-state index contributed by atoms with van der Waals surface area (Å²) in [6.07, 6.45) is 3.72. The molecule has 0 bridgehead atoms. The highest BCUT2D eigenvalue weighted by Crippen LogP contribution is 2.42. The molecule has 1 aromatic rings. The SMILES string of the molecule is CCCNC(CO)c1ccccc1C1CC1. The summed E-state index contributed by atoms with van der Waals surface area (Å²) in [5.41, 5.74) is 2.73. The van der Waals surface area contributed by atoms with Crippen molar-refractivity contribution in [1.82, 2.24) is 5.32 Å². The first-order chi connectivity index (χ1) is 7.86. The molecular formula is C14H21NO. The van der Waals surface area contributed by atoms with Crippen LogP contribution in [-0.4, -0.2) is 18.3 Å². The first kappa shape index (κ1) is 11.6. The Labute approximate surface area is 97.7 Å². The molecular weight excluding hydrogens is 198 g/mol. The van der Waals surface area contributed by atoms with Crippen molar-refractivity contribution in [3.63, 3.8) is 0 Å². The van der Waals surface area contributed by atoms with E-state index in [0.29, 0.717) is 0 Å². The zero-order valence-corrected chi connectivity index (χ0v) is 9.95. The highest BCUT2D eigenvalue weighted by Gasteiger charge is 2.27. The van der Waals surface area contributed by atoms with E-state index in [4.69, 9.17) is 0 Å². The van der Waals surface area contributed by atoms with E-state index in [1.54, 1.807) is 0 Å². The van der Waals surface area contributed by atoms with Gasteiger partial charge in [-0.25, -0.2) is 0 Å². The molecule has 2 nitrogen and oxygen atoms in total. The van der Waals surface area contributed by atoms with E-state index in [2.05, 4.69) is 36.5 Å². The minimum Gasteiger partial charge on any atom is -0.394 e. The fraction of sp³-hybridized carbons (Fsp3) is 0.571. The molecule has 0 saturated heterocycles.